The molecule has 5 nitrogen and oxygen atoms in total. The van der Waals surface area contributed by atoms with E-state index < -0.39 is 5.54 Å². The van der Waals surface area contributed by atoms with Gasteiger partial charge in [0, 0.05) is 11.3 Å². The summed E-state index contributed by atoms with van der Waals surface area (Å²) in [6.07, 6.45) is 0. The van der Waals surface area contributed by atoms with E-state index in [-0.39, 0.29) is 24.2 Å². The highest BCUT2D eigenvalue weighted by Gasteiger charge is 2.29. The van der Waals surface area contributed by atoms with Gasteiger partial charge >= 0.3 is 0 Å². The number of hydrogen-bond acceptors (Lipinski definition) is 4. The number of nitrogens with zero attached hydrogens (tertiary/aromatic N) is 1. The summed E-state index contributed by atoms with van der Waals surface area (Å²) in [6, 6.07) is 9.14. The summed E-state index contributed by atoms with van der Waals surface area (Å²) in [5.41, 5.74) is 0.249. The summed E-state index contributed by atoms with van der Waals surface area (Å²) in [5.74, 6) is -0.357. The van der Waals surface area contributed by atoms with E-state index in [4.69, 9.17) is 0 Å². The summed E-state index contributed by atoms with van der Waals surface area (Å²) < 4.78 is 0. The highest BCUT2D eigenvalue weighted by molar-refractivity contribution is 6.00. The molecule has 5 heteroatoms. The number of anilines is 1. The summed E-state index contributed by atoms with van der Waals surface area (Å²) >= 11 is 0. The molecule has 0 unspecified atom stereocenters. The summed E-state index contributed by atoms with van der Waals surface area (Å²) in [5, 5.41) is 14.8. The van der Waals surface area contributed by atoms with Gasteiger partial charge in [-0.05, 0) is 31.9 Å². The number of amides is 1. The van der Waals surface area contributed by atoms with Gasteiger partial charge in [-0.3, -0.25) is 9.59 Å². The molecule has 0 bridgehead atoms. The Bertz CT molecular complexity index is 575. The molecule has 0 fully saturated rings. The largest absolute Gasteiger partial charge is 0.376 e. The molecule has 0 aromatic heterocycles. The van der Waals surface area contributed by atoms with Gasteiger partial charge in [-0.25, -0.2) is 0 Å². The lowest BCUT2D eigenvalue weighted by molar-refractivity contribution is -0.121. The van der Waals surface area contributed by atoms with Crippen molar-refractivity contribution in [1.29, 1.82) is 5.26 Å². The molecule has 0 saturated heterocycles. The van der Waals surface area contributed by atoms with Crippen LogP contribution in [0.1, 0.15) is 38.1 Å². The molecule has 1 rings (SSSR count). The van der Waals surface area contributed by atoms with E-state index in [1.165, 1.54) is 6.92 Å². The second kappa shape index (κ2) is 6.89. The van der Waals surface area contributed by atoms with Crippen molar-refractivity contribution in [2.75, 3.05) is 11.9 Å². The molecular formula is C16H21N3O2. The first-order chi connectivity index (χ1) is 9.80. The predicted octanol–water partition coefficient (Wildman–Crippen LogP) is 2.36. The van der Waals surface area contributed by atoms with Gasteiger partial charge < -0.3 is 10.6 Å². The quantitative estimate of drug-likeness (QED) is 0.787. The zero-order valence-electron chi connectivity index (χ0n) is 12.9. The smallest absolute Gasteiger partial charge is 0.240 e. The van der Waals surface area contributed by atoms with Gasteiger partial charge in [0.15, 0.2) is 5.78 Å². The average molecular weight is 287 g/mol. The van der Waals surface area contributed by atoms with Crippen molar-refractivity contribution in [3.63, 3.8) is 0 Å². The van der Waals surface area contributed by atoms with Gasteiger partial charge in [-0.2, -0.15) is 5.26 Å². The first-order valence-electron chi connectivity index (χ1n) is 6.86. The number of rotatable bonds is 6. The van der Waals surface area contributed by atoms with E-state index in [2.05, 4.69) is 16.7 Å². The zero-order chi connectivity index (χ0) is 16.0. The van der Waals surface area contributed by atoms with Crippen molar-refractivity contribution in [2.45, 2.75) is 33.2 Å². The van der Waals surface area contributed by atoms with Gasteiger partial charge in [0.2, 0.25) is 5.91 Å². The molecule has 1 amide bonds. The Morgan fingerprint density at radius 1 is 1.33 bits per heavy atom. The van der Waals surface area contributed by atoms with Crippen LogP contribution in [0, 0.1) is 17.2 Å². The molecule has 0 aliphatic heterocycles. The minimum absolute atomic E-state index is 0.00374. The van der Waals surface area contributed by atoms with E-state index in [9.17, 15) is 14.9 Å². The number of carbonyl (C=O) groups is 2. The van der Waals surface area contributed by atoms with Crippen molar-refractivity contribution < 1.29 is 9.59 Å². The normalized spacial score (nSPS) is 13.1. The third kappa shape index (κ3) is 4.32. The van der Waals surface area contributed by atoms with Crippen LogP contribution in [-0.4, -0.2) is 23.8 Å². The van der Waals surface area contributed by atoms with Crippen LogP contribution < -0.4 is 10.6 Å². The molecule has 2 N–H and O–H groups in total. The number of para-hydroxylation sites is 1. The van der Waals surface area contributed by atoms with E-state index in [1.54, 1.807) is 31.2 Å². The Kier molecular flexibility index (Phi) is 5.48. The van der Waals surface area contributed by atoms with Crippen LogP contribution in [0.3, 0.4) is 0 Å². The fraction of sp³-hybridized carbons (Fsp3) is 0.438. The molecule has 1 aromatic rings. The van der Waals surface area contributed by atoms with Crippen molar-refractivity contribution in [2.24, 2.45) is 5.92 Å². The molecule has 0 radical (unpaired) electrons. The van der Waals surface area contributed by atoms with Gasteiger partial charge in [0.25, 0.3) is 0 Å². The van der Waals surface area contributed by atoms with Crippen molar-refractivity contribution in [1.82, 2.24) is 5.32 Å². The lowest BCUT2D eigenvalue weighted by Gasteiger charge is -2.27. The number of nitriles is 1. The number of benzene rings is 1. The number of nitrogens with one attached hydrogen (secondary N) is 2. The maximum atomic E-state index is 12.0. The topological polar surface area (TPSA) is 82.0 Å². The van der Waals surface area contributed by atoms with Crippen LogP contribution in [0.15, 0.2) is 24.3 Å². The zero-order valence-corrected chi connectivity index (χ0v) is 12.9. The molecule has 0 saturated carbocycles. The summed E-state index contributed by atoms with van der Waals surface area (Å²) in [6.45, 7) is 6.93. The molecule has 0 spiro atoms. The average Bonchev–Trinajstić information content (AvgIpc) is 2.44. The van der Waals surface area contributed by atoms with E-state index in [0.717, 1.165) is 0 Å². The molecule has 21 heavy (non-hydrogen) atoms. The fourth-order valence-electron chi connectivity index (χ4n) is 1.75. The fourth-order valence-corrected chi connectivity index (χ4v) is 1.75. The number of Topliss-reactive ketones (excluding diaryl/α,β-unsaturated/α-hetero) is 1. The Hall–Kier alpha value is -2.35. The van der Waals surface area contributed by atoms with Crippen LogP contribution >= 0.6 is 0 Å². The van der Waals surface area contributed by atoms with Gasteiger partial charge in [0.05, 0.1) is 12.6 Å². The minimum Gasteiger partial charge on any atom is -0.376 e. The molecule has 0 heterocycles. The molecule has 0 aliphatic rings. The van der Waals surface area contributed by atoms with E-state index >= 15 is 0 Å². The minimum atomic E-state index is -0.904. The van der Waals surface area contributed by atoms with Gasteiger partial charge in [0.1, 0.15) is 5.54 Å². The van der Waals surface area contributed by atoms with E-state index in [1.807, 2.05) is 13.8 Å². The second-order valence-corrected chi connectivity index (χ2v) is 5.47. The molecule has 112 valence electrons. The first kappa shape index (κ1) is 16.7. The number of hydrogen-bond donors (Lipinski definition) is 2. The molecule has 1 aromatic carbocycles. The highest BCUT2D eigenvalue weighted by Crippen LogP contribution is 2.16. The van der Waals surface area contributed by atoms with Gasteiger partial charge in [-0.1, -0.05) is 26.0 Å². The lowest BCUT2D eigenvalue weighted by Crippen LogP contribution is -2.50. The van der Waals surface area contributed by atoms with Crippen molar-refractivity contribution >= 4 is 17.4 Å². The Labute approximate surface area is 125 Å². The van der Waals surface area contributed by atoms with E-state index in [0.29, 0.717) is 11.3 Å². The third-order valence-corrected chi connectivity index (χ3v) is 3.53. The van der Waals surface area contributed by atoms with Gasteiger partial charge in [-0.15, -0.1) is 0 Å². The third-order valence-electron chi connectivity index (χ3n) is 3.53. The van der Waals surface area contributed by atoms with Crippen LogP contribution in [0.4, 0.5) is 5.69 Å². The number of carbonyl (C=O) groups excluding carboxylic acids is 2. The lowest BCUT2D eigenvalue weighted by atomic mass is 9.90. The van der Waals surface area contributed by atoms with Crippen LogP contribution in [0.25, 0.3) is 0 Å². The Morgan fingerprint density at radius 2 is 1.95 bits per heavy atom. The molecule has 0 aliphatic carbocycles. The Balaban J connectivity index is 2.71. The standard InChI is InChI=1S/C16H21N3O2/c1-11(2)16(4,10-17)19-15(21)9-18-14-8-6-5-7-13(14)12(3)20/h5-8,11,18H,9H2,1-4H3,(H,19,21)/t16-/m1/s1. The van der Waals surface area contributed by atoms with Crippen LogP contribution in [0.5, 0.6) is 0 Å². The second-order valence-electron chi connectivity index (χ2n) is 5.47. The summed E-state index contributed by atoms with van der Waals surface area (Å²) in [7, 11) is 0. The van der Waals surface area contributed by atoms with Crippen LogP contribution in [0.2, 0.25) is 0 Å². The molecule has 1 atom stereocenters. The summed E-state index contributed by atoms with van der Waals surface area (Å²) in [4.78, 5) is 23.5. The SMILES string of the molecule is CC(=O)c1ccccc1NCC(=O)N[C@](C)(C#N)C(C)C. The van der Waals surface area contributed by atoms with Crippen molar-refractivity contribution in [3.8, 4) is 6.07 Å². The van der Waals surface area contributed by atoms with Crippen LogP contribution in [-0.2, 0) is 4.79 Å². The maximum absolute atomic E-state index is 12.0. The highest BCUT2D eigenvalue weighted by atomic mass is 16.2. The molecular weight excluding hydrogens is 266 g/mol. The Morgan fingerprint density at radius 3 is 2.48 bits per heavy atom. The van der Waals surface area contributed by atoms with Crippen molar-refractivity contribution in [3.05, 3.63) is 29.8 Å². The maximum Gasteiger partial charge on any atom is 0.240 e. The monoisotopic (exact) mass is 287 g/mol. The number of ketones is 1. The first-order valence-corrected chi connectivity index (χ1v) is 6.86. The predicted molar refractivity (Wildman–Crippen MR) is 81.9 cm³/mol.